The molecule has 0 bridgehead atoms. The van der Waals surface area contributed by atoms with Crippen LogP contribution in [-0.4, -0.2) is 39.2 Å². The number of rotatable bonds is 9. The molecule has 0 amide bonds. The summed E-state index contributed by atoms with van der Waals surface area (Å²) in [5.41, 5.74) is 2.14. The number of nitrogens with zero attached hydrogens (tertiary/aromatic N) is 2. The maximum atomic E-state index is 12.9. The van der Waals surface area contributed by atoms with Crippen LogP contribution in [-0.2, 0) is 25.9 Å². The fourth-order valence-corrected chi connectivity index (χ4v) is 5.84. The van der Waals surface area contributed by atoms with E-state index in [-0.39, 0.29) is 12.2 Å². The first kappa shape index (κ1) is 22.8. The van der Waals surface area contributed by atoms with E-state index in [9.17, 15) is 9.90 Å². The number of aromatic nitrogens is 2. The van der Waals surface area contributed by atoms with Crippen molar-refractivity contribution in [2.24, 2.45) is 0 Å². The number of hydrogen-bond acceptors (Lipinski definition) is 7. The monoisotopic (exact) mass is 479 g/mol. The lowest BCUT2D eigenvalue weighted by atomic mass is 9.97. The third kappa shape index (κ3) is 5.09. The lowest BCUT2D eigenvalue weighted by molar-refractivity contribution is 0.0593. The van der Waals surface area contributed by atoms with Crippen LogP contribution in [0.1, 0.15) is 40.4 Å². The molecule has 0 radical (unpaired) electrons. The number of nitrogens with one attached hydrogen (secondary N) is 1. The summed E-state index contributed by atoms with van der Waals surface area (Å²) < 4.78 is 11.4. The number of para-hydroxylation sites is 1. The van der Waals surface area contributed by atoms with Gasteiger partial charge in [-0.1, -0.05) is 18.2 Å². The summed E-state index contributed by atoms with van der Waals surface area (Å²) in [7, 11) is 0. The lowest BCUT2D eigenvalue weighted by Gasteiger charge is -2.24. The molecular formula is C26H29N3O4S. The Morgan fingerprint density at radius 1 is 1.21 bits per heavy atom. The van der Waals surface area contributed by atoms with Crippen LogP contribution < -0.4 is 10.3 Å². The second-order valence-electron chi connectivity index (χ2n) is 8.88. The molecule has 7 nitrogen and oxygen atoms in total. The minimum absolute atomic E-state index is 0.0687. The average Bonchev–Trinajstić information content (AvgIpc) is 3.46. The standard InChI is InChI=1S/C26H29N3O4S/c1-17-7-2-4-10-21(17)33-16-18(30)13-29(14-19-8-6-12-32-19)15-23-27-25(31)24-20-9-3-5-11-22(20)34-26(24)28-23/h2,4,6-8,10,12,18,30H,3,5,9,11,13-16H2,1H3,(H,27,28,31). The fraction of sp³-hybridized carbons (Fsp3) is 0.385. The number of aliphatic hydroxyl groups is 1. The number of hydrogen-bond donors (Lipinski definition) is 2. The molecule has 0 spiro atoms. The van der Waals surface area contributed by atoms with Crippen LogP contribution in [0.2, 0.25) is 0 Å². The van der Waals surface area contributed by atoms with E-state index in [1.54, 1.807) is 17.6 Å². The van der Waals surface area contributed by atoms with Crippen molar-refractivity contribution in [2.45, 2.75) is 51.8 Å². The van der Waals surface area contributed by atoms with Crippen LogP contribution in [0.25, 0.3) is 10.2 Å². The smallest absolute Gasteiger partial charge is 0.259 e. The Kier molecular flexibility index (Phi) is 6.80. The highest BCUT2D eigenvalue weighted by molar-refractivity contribution is 7.18. The minimum atomic E-state index is -0.723. The summed E-state index contributed by atoms with van der Waals surface area (Å²) in [5.74, 6) is 2.13. The van der Waals surface area contributed by atoms with Crippen molar-refractivity contribution in [3.63, 3.8) is 0 Å². The Morgan fingerprint density at radius 2 is 2.06 bits per heavy atom. The quantitative estimate of drug-likeness (QED) is 0.374. The van der Waals surface area contributed by atoms with Crippen LogP contribution >= 0.6 is 11.3 Å². The molecule has 34 heavy (non-hydrogen) atoms. The molecule has 1 aliphatic rings. The van der Waals surface area contributed by atoms with E-state index in [1.807, 2.05) is 48.2 Å². The van der Waals surface area contributed by atoms with E-state index in [2.05, 4.69) is 4.98 Å². The Labute approximate surface area is 202 Å². The van der Waals surface area contributed by atoms with Crippen molar-refractivity contribution in [1.29, 1.82) is 0 Å². The van der Waals surface area contributed by atoms with Crippen molar-refractivity contribution in [3.8, 4) is 5.75 Å². The molecule has 5 rings (SSSR count). The lowest BCUT2D eigenvalue weighted by Crippen LogP contribution is -2.35. The summed E-state index contributed by atoms with van der Waals surface area (Å²) in [6.45, 7) is 3.36. The number of furan rings is 1. The molecule has 1 unspecified atom stereocenters. The van der Waals surface area contributed by atoms with Gasteiger partial charge in [-0.25, -0.2) is 4.98 Å². The number of thiophene rings is 1. The first-order chi connectivity index (χ1) is 16.6. The molecule has 2 N–H and O–H groups in total. The molecule has 8 heteroatoms. The van der Waals surface area contributed by atoms with Gasteiger partial charge in [0, 0.05) is 11.4 Å². The third-order valence-corrected chi connectivity index (χ3v) is 7.39. The topological polar surface area (TPSA) is 91.6 Å². The largest absolute Gasteiger partial charge is 0.491 e. The number of aliphatic hydroxyl groups excluding tert-OH is 1. The number of H-pyrrole nitrogens is 1. The summed E-state index contributed by atoms with van der Waals surface area (Å²) in [4.78, 5) is 24.9. The zero-order valence-corrected chi connectivity index (χ0v) is 20.1. The van der Waals surface area contributed by atoms with Crippen molar-refractivity contribution in [1.82, 2.24) is 14.9 Å². The molecule has 0 saturated carbocycles. The summed E-state index contributed by atoms with van der Waals surface area (Å²) in [5, 5.41) is 11.5. The van der Waals surface area contributed by atoms with Gasteiger partial charge >= 0.3 is 0 Å². The van der Waals surface area contributed by atoms with Gasteiger partial charge in [0.25, 0.3) is 5.56 Å². The maximum absolute atomic E-state index is 12.9. The maximum Gasteiger partial charge on any atom is 0.259 e. The predicted octanol–water partition coefficient (Wildman–Crippen LogP) is 4.21. The van der Waals surface area contributed by atoms with Gasteiger partial charge in [0.2, 0.25) is 0 Å². The first-order valence-corrected chi connectivity index (χ1v) is 12.5. The molecule has 1 aromatic carbocycles. The molecule has 0 aliphatic heterocycles. The van der Waals surface area contributed by atoms with Gasteiger partial charge in [0.05, 0.1) is 24.7 Å². The zero-order chi connectivity index (χ0) is 23.5. The average molecular weight is 480 g/mol. The van der Waals surface area contributed by atoms with Gasteiger partial charge in [-0.3, -0.25) is 9.69 Å². The van der Waals surface area contributed by atoms with Gasteiger partial charge in [0.15, 0.2) is 0 Å². The molecule has 1 atom stereocenters. The van der Waals surface area contributed by atoms with E-state index >= 15 is 0 Å². The van der Waals surface area contributed by atoms with Crippen LogP contribution in [0.4, 0.5) is 0 Å². The van der Waals surface area contributed by atoms with Crippen LogP contribution in [0, 0.1) is 6.92 Å². The number of aryl methyl sites for hydroxylation is 3. The van der Waals surface area contributed by atoms with Crippen molar-refractivity contribution in [2.75, 3.05) is 13.2 Å². The SMILES string of the molecule is Cc1ccccc1OCC(O)CN(Cc1nc2sc3c(c2c(=O)[nH]1)CCCC3)Cc1ccco1. The molecule has 178 valence electrons. The van der Waals surface area contributed by atoms with Crippen LogP contribution in [0.15, 0.2) is 51.9 Å². The van der Waals surface area contributed by atoms with Crippen molar-refractivity contribution < 1.29 is 14.3 Å². The van der Waals surface area contributed by atoms with Gasteiger partial charge < -0.3 is 19.2 Å². The second kappa shape index (κ2) is 10.1. The molecule has 3 aromatic heterocycles. The van der Waals surface area contributed by atoms with Gasteiger partial charge in [-0.15, -0.1) is 11.3 Å². The normalized spacial score (nSPS) is 14.4. The highest BCUT2D eigenvalue weighted by Gasteiger charge is 2.21. The Hall–Kier alpha value is -2.94. The number of fused-ring (bicyclic) bond motifs is 3. The molecule has 1 aliphatic carbocycles. The van der Waals surface area contributed by atoms with Crippen LogP contribution in [0.5, 0.6) is 5.75 Å². The van der Waals surface area contributed by atoms with E-state index in [0.717, 1.165) is 46.6 Å². The second-order valence-corrected chi connectivity index (χ2v) is 9.97. The third-order valence-electron chi connectivity index (χ3n) is 6.20. The van der Waals surface area contributed by atoms with Crippen LogP contribution in [0.3, 0.4) is 0 Å². The molecule has 0 fully saturated rings. The summed E-state index contributed by atoms with van der Waals surface area (Å²) in [6, 6.07) is 11.5. The predicted molar refractivity (Wildman–Crippen MR) is 132 cm³/mol. The molecule has 0 saturated heterocycles. The van der Waals surface area contributed by atoms with Gasteiger partial charge in [-0.2, -0.15) is 0 Å². The Bertz CT molecular complexity index is 1310. The van der Waals surface area contributed by atoms with E-state index in [4.69, 9.17) is 14.1 Å². The Balaban J connectivity index is 1.33. The molecular weight excluding hydrogens is 450 g/mol. The fourth-order valence-electron chi connectivity index (χ4n) is 4.56. The van der Waals surface area contributed by atoms with Gasteiger partial charge in [0.1, 0.15) is 34.9 Å². The van der Waals surface area contributed by atoms with E-state index in [0.29, 0.717) is 25.5 Å². The van der Waals surface area contributed by atoms with Crippen molar-refractivity contribution in [3.05, 3.63) is 80.6 Å². The highest BCUT2D eigenvalue weighted by Crippen LogP contribution is 2.33. The number of ether oxygens (including phenoxy) is 1. The van der Waals surface area contributed by atoms with E-state index in [1.165, 1.54) is 16.9 Å². The number of benzene rings is 1. The minimum Gasteiger partial charge on any atom is -0.491 e. The molecule has 3 heterocycles. The molecule has 4 aromatic rings. The first-order valence-electron chi connectivity index (χ1n) is 11.7. The highest BCUT2D eigenvalue weighted by atomic mass is 32.1. The Morgan fingerprint density at radius 3 is 2.88 bits per heavy atom. The summed E-state index contributed by atoms with van der Waals surface area (Å²) in [6.07, 6.45) is 5.19. The summed E-state index contributed by atoms with van der Waals surface area (Å²) >= 11 is 1.64. The van der Waals surface area contributed by atoms with Crippen molar-refractivity contribution >= 4 is 21.6 Å². The van der Waals surface area contributed by atoms with Gasteiger partial charge in [-0.05, 0) is 61.9 Å². The zero-order valence-electron chi connectivity index (χ0n) is 19.3. The number of aromatic amines is 1. The van der Waals surface area contributed by atoms with E-state index < -0.39 is 6.10 Å².